The maximum Gasteiger partial charge on any atom is 0.297 e. The van der Waals surface area contributed by atoms with Crippen molar-refractivity contribution in [3.8, 4) is 17.1 Å². The van der Waals surface area contributed by atoms with Crippen molar-refractivity contribution in [2.75, 3.05) is 0 Å². The quantitative estimate of drug-likeness (QED) is 0.265. The van der Waals surface area contributed by atoms with Gasteiger partial charge in [-0.2, -0.15) is 5.10 Å². The Morgan fingerprint density at radius 2 is 1.90 bits per heavy atom. The number of pyridine rings is 1. The Morgan fingerprint density at radius 3 is 2.65 bits per heavy atom. The zero-order valence-electron chi connectivity index (χ0n) is 23.7. The van der Waals surface area contributed by atoms with Gasteiger partial charge in [0.1, 0.15) is 17.4 Å². The number of hydroxylamine groups is 1. The molecule has 1 N–H and O–H groups in total. The standard InChI is InChI=1S/C31H32N4O5/c1-17-13-22(19(3)38-25-9-8-12-32-26(25)30(37)34-40-31(4,5)6)29-23(14-17)27(36)18(2)28(39-29)20-10-11-24-21(15-20)16-35(7)33-24/h8-16,19H,1-7H3,(H,34,37)/t19-/m1/s1. The monoisotopic (exact) mass is 540 g/mol. The normalized spacial score (nSPS) is 12.6. The van der Waals surface area contributed by atoms with Crippen LogP contribution in [0.2, 0.25) is 0 Å². The van der Waals surface area contributed by atoms with E-state index in [2.05, 4.69) is 15.6 Å². The molecule has 0 radical (unpaired) electrons. The van der Waals surface area contributed by atoms with E-state index in [1.165, 1.54) is 6.20 Å². The van der Waals surface area contributed by atoms with Gasteiger partial charge in [-0.05, 0) is 89.6 Å². The number of carbonyl (C=O) groups is 1. The highest BCUT2D eigenvalue weighted by molar-refractivity contribution is 5.94. The summed E-state index contributed by atoms with van der Waals surface area (Å²) in [4.78, 5) is 36.0. The molecule has 5 rings (SSSR count). The zero-order valence-corrected chi connectivity index (χ0v) is 23.7. The fraction of sp³-hybridized carbons (Fsp3) is 0.290. The summed E-state index contributed by atoms with van der Waals surface area (Å²) in [6.07, 6.45) is 2.85. The second-order valence-corrected chi connectivity index (χ2v) is 10.9. The van der Waals surface area contributed by atoms with E-state index < -0.39 is 17.6 Å². The molecule has 40 heavy (non-hydrogen) atoms. The molecule has 0 aliphatic rings. The van der Waals surface area contributed by atoms with Gasteiger partial charge >= 0.3 is 0 Å². The van der Waals surface area contributed by atoms with E-state index in [0.29, 0.717) is 27.9 Å². The summed E-state index contributed by atoms with van der Waals surface area (Å²) >= 11 is 0. The van der Waals surface area contributed by atoms with Gasteiger partial charge in [0.15, 0.2) is 16.9 Å². The van der Waals surface area contributed by atoms with Gasteiger partial charge < -0.3 is 9.15 Å². The van der Waals surface area contributed by atoms with Crippen molar-refractivity contribution in [2.24, 2.45) is 7.05 Å². The van der Waals surface area contributed by atoms with Crippen molar-refractivity contribution in [3.63, 3.8) is 0 Å². The van der Waals surface area contributed by atoms with Gasteiger partial charge in [0.2, 0.25) is 0 Å². The van der Waals surface area contributed by atoms with Crippen molar-refractivity contribution in [3.05, 3.63) is 87.5 Å². The van der Waals surface area contributed by atoms with Crippen LogP contribution >= 0.6 is 0 Å². The summed E-state index contributed by atoms with van der Waals surface area (Å²) in [7, 11) is 1.87. The lowest BCUT2D eigenvalue weighted by molar-refractivity contribution is -0.0593. The van der Waals surface area contributed by atoms with Gasteiger partial charge in [-0.3, -0.25) is 19.1 Å². The van der Waals surface area contributed by atoms with Crippen LogP contribution < -0.4 is 15.6 Å². The first-order valence-corrected chi connectivity index (χ1v) is 13.0. The minimum atomic E-state index is -0.582. The number of benzene rings is 2. The molecule has 0 saturated heterocycles. The molecule has 0 spiro atoms. The Kier molecular flexibility index (Phi) is 6.93. The van der Waals surface area contributed by atoms with E-state index in [9.17, 15) is 9.59 Å². The summed E-state index contributed by atoms with van der Waals surface area (Å²) in [5, 5.41) is 5.85. The van der Waals surface area contributed by atoms with Crippen LogP contribution in [-0.4, -0.2) is 26.3 Å². The summed E-state index contributed by atoms with van der Waals surface area (Å²) in [6.45, 7) is 11.0. The van der Waals surface area contributed by atoms with E-state index >= 15 is 0 Å². The van der Waals surface area contributed by atoms with Gasteiger partial charge in [0, 0.05) is 41.5 Å². The second-order valence-electron chi connectivity index (χ2n) is 10.9. The average Bonchev–Trinajstić information content (AvgIpc) is 3.28. The smallest absolute Gasteiger partial charge is 0.297 e. The predicted octanol–water partition coefficient (Wildman–Crippen LogP) is 5.96. The van der Waals surface area contributed by atoms with Crippen LogP contribution in [0.25, 0.3) is 33.2 Å². The van der Waals surface area contributed by atoms with E-state index in [1.807, 2.05) is 78.2 Å². The maximum absolute atomic E-state index is 13.6. The summed E-state index contributed by atoms with van der Waals surface area (Å²) in [5.41, 5.74) is 5.98. The number of rotatable bonds is 6. The van der Waals surface area contributed by atoms with E-state index in [0.717, 1.165) is 22.0 Å². The summed E-state index contributed by atoms with van der Waals surface area (Å²) < 4.78 is 14.5. The molecule has 3 aromatic heterocycles. The number of aryl methyl sites for hydroxylation is 2. The number of aromatic nitrogens is 3. The van der Waals surface area contributed by atoms with Gasteiger partial charge in [-0.15, -0.1) is 0 Å². The van der Waals surface area contributed by atoms with Gasteiger partial charge in [0.05, 0.1) is 16.5 Å². The molecule has 0 fully saturated rings. The highest BCUT2D eigenvalue weighted by Gasteiger charge is 2.23. The van der Waals surface area contributed by atoms with E-state index in [4.69, 9.17) is 14.0 Å². The Labute approximate surface area is 231 Å². The van der Waals surface area contributed by atoms with Crippen LogP contribution in [0.4, 0.5) is 0 Å². The lowest BCUT2D eigenvalue weighted by Gasteiger charge is -2.21. The molecule has 206 valence electrons. The zero-order chi connectivity index (χ0) is 28.8. The Hall–Kier alpha value is -4.50. The highest BCUT2D eigenvalue weighted by Crippen LogP contribution is 2.34. The second kappa shape index (κ2) is 10.2. The lowest BCUT2D eigenvalue weighted by atomic mass is 9.99. The van der Waals surface area contributed by atoms with Crippen LogP contribution in [0.15, 0.2) is 64.1 Å². The summed E-state index contributed by atoms with van der Waals surface area (Å²) in [6, 6.07) is 12.9. The molecule has 0 saturated carbocycles. The molecule has 0 unspecified atom stereocenters. The maximum atomic E-state index is 13.6. The minimum Gasteiger partial charge on any atom is -0.483 e. The van der Waals surface area contributed by atoms with Crippen LogP contribution in [0, 0.1) is 13.8 Å². The molecule has 2 aromatic carbocycles. The molecular weight excluding hydrogens is 508 g/mol. The molecule has 1 amide bonds. The van der Waals surface area contributed by atoms with Crippen molar-refractivity contribution in [1.29, 1.82) is 0 Å². The van der Waals surface area contributed by atoms with Gasteiger partial charge in [-0.25, -0.2) is 10.5 Å². The van der Waals surface area contributed by atoms with Crippen LogP contribution in [-0.2, 0) is 11.9 Å². The predicted molar refractivity (Wildman–Crippen MR) is 153 cm³/mol. The lowest BCUT2D eigenvalue weighted by Crippen LogP contribution is -2.34. The number of hydrogen-bond acceptors (Lipinski definition) is 7. The SMILES string of the molecule is Cc1cc([C@@H](C)Oc2cccnc2C(=O)NOC(C)(C)C)c2oc(-c3ccc4nn(C)cc4c3)c(C)c(=O)c2c1. The number of fused-ring (bicyclic) bond motifs is 2. The molecule has 0 bridgehead atoms. The third-order valence-corrected chi connectivity index (χ3v) is 6.45. The molecule has 9 heteroatoms. The fourth-order valence-electron chi connectivity index (χ4n) is 4.59. The Morgan fingerprint density at radius 1 is 1.12 bits per heavy atom. The minimum absolute atomic E-state index is 0.0818. The number of nitrogens with one attached hydrogen (secondary N) is 1. The Balaban J connectivity index is 1.57. The van der Waals surface area contributed by atoms with Crippen molar-refractivity contribution < 1.29 is 18.8 Å². The number of ether oxygens (including phenoxy) is 1. The number of hydrogen-bond donors (Lipinski definition) is 1. The molecular formula is C31H32N4O5. The molecule has 1 atom stereocenters. The van der Waals surface area contributed by atoms with Crippen molar-refractivity contribution >= 4 is 27.8 Å². The van der Waals surface area contributed by atoms with Gasteiger partial charge in [0.25, 0.3) is 5.91 Å². The first kappa shape index (κ1) is 27.1. The third-order valence-electron chi connectivity index (χ3n) is 6.45. The van der Waals surface area contributed by atoms with Gasteiger partial charge in [-0.1, -0.05) is 0 Å². The third kappa shape index (κ3) is 5.33. The number of carbonyl (C=O) groups excluding carboxylic acids is 1. The van der Waals surface area contributed by atoms with Crippen molar-refractivity contribution in [1.82, 2.24) is 20.2 Å². The van der Waals surface area contributed by atoms with Crippen molar-refractivity contribution in [2.45, 2.75) is 53.2 Å². The Bertz CT molecular complexity index is 1810. The average molecular weight is 541 g/mol. The van der Waals surface area contributed by atoms with E-state index in [-0.39, 0.29) is 16.9 Å². The van der Waals surface area contributed by atoms with Crippen LogP contribution in [0.5, 0.6) is 5.75 Å². The first-order chi connectivity index (χ1) is 18.9. The molecule has 0 aliphatic carbocycles. The van der Waals surface area contributed by atoms with Crippen LogP contribution in [0.1, 0.15) is 61.0 Å². The molecule has 5 aromatic rings. The number of nitrogens with zero attached hydrogens (tertiary/aromatic N) is 3. The topological polar surface area (TPSA) is 108 Å². The van der Waals surface area contributed by atoms with Crippen LogP contribution in [0.3, 0.4) is 0 Å². The van der Waals surface area contributed by atoms with E-state index in [1.54, 1.807) is 23.7 Å². The highest BCUT2D eigenvalue weighted by atomic mass is 16.7. The molecule has 9 nitrogen and oxygen atoms in total. The largest absolute Gasteiger partial charge is 0.483 e. The molecule has 0 aliphatic heterocycles. The number of amides is 1. The first-order valence-electron chi connectivity index (χ1n) is 13.0. The molecule has 3 heterocycles. The fourth-order valence-corrected chi connectivity index (χ4v) is 4.59. The summed E-state index contributed by atoms with van der Waals surface area (Å²) in [5.74, 6) is 0.236.